The highest BCUT2D eigenvalue weighted by Gasteiger charge is 2.19. The SMILES string of the molecule is CCCCCCCCCCCCCCC(=O)OC[C@@H](COC(=O)CCCCCCCCCCCCCCCC(C)C)OC(=O)CCCCCCCCCCC(C)C. The van der Waals surface area contributed by atoms with E-state index in [2.05, 4.69) is 34.6 Å². The summed E-state index contributed by atoms with van der Waals surface area (Å²) in [7, 11) is 0. The van der Waals surface area contributed by atoms with E-state index in [1.165, 1.54) is 167 Å². The van der Waals surface area contributed by atoms with Crippen LogP contribution in [0.15, 0.2) is 0 Å². The van der Waals surface area contributed by atoms with Crippen molar-refractivity contribution in [1.29, 1.82) is 0 Å². The zero-order valence-corrected chi connectivity index (χ0v) is 39.0. The lowest BCUT2D eigenvalue weighted by Gasteiger charge is -2.18. The molecule has 57 heavy (non-hydrogen) atoms. The third-order valence-corrected chi connectivity index (χ3v) is 11.5. The second-order valence-corrected chi connectivity index (χ2v) is 18.4. The minimum atomic E-state index is -0.761. The molecule has 0 unspecified atom stereocenters. The monoisotopic (exact) mass is 807 g/mol. The van der Waals surface area contributed by atoms with Gasteiger partial charge in [-0.3, -0.25) is 14.4 Å². The minimum absolute atomic E-state index is 0.0643. The zero-order chi connectivity index (χ0) is 41.9. The number of carbonyl (C=O) groups excluding carboxylic acids is 3. The molecule has 1 atom stereocenters. The number of hydrogen-bond donors (Lipinski definition) is 0. The van der Waals surface area contributed by atoms with E-state index in [0.29, 0.717) is 19.3 Å². The number of unbranched alkanes of at least 4 members (excludes halogenated alkanes) is 30. The number of ether oxygens (including phenoxy) is 3. The van der Waals surface area contributed by atoms with Crippen LogP contribution in [0.1, 0.15) is 279 Å². The van der Waals surface area contributed by atoms with Gasteiger partial charge in [0, 0.05) is 19.3 Å². The normalized spacial score (nSPS) is 12.1. The van der Waals surface area contributed by atoms with Gasteiger partial charge in [-0.25, -0.2) is 0 Å². The van der Waals surface area contributed by atoms with Crippen molar-refractivity contribution < 1.29 is 28.6 Å². The third-order valence-electron chi connectivity index (χ3n) is 11.5. The molecule has 6 heteroatoms. The zero-order valence-electron chi connectivity index (χ0n) is 39.0. The lowest BCUT2D eigenvalue weighted by atomic mass is 10.0. The first-order valence-electron chi connectivity index (χ1n) is 25.2. The molecule has 0 aliphatic rings. The van der Waals surface area contributed by atoms with Crippen molar-refractivity contribution in [2.45, 2.75) is 285 Å². The van der Waals surface area contributed by atoms with Crippen molar-refractivity contribution in [3.05, 3.63) is 0 Å². The Morgan fingerprint density at radius 2 is 0.579 bits per heavy atom. The van der Waals surface area contributed by atoms with E-state index < -0.39 is 6.10 Å². The van der Waals surface area contributed by atoms with Crippen molar-refractivity contribution in [3.63, 3.8) is 0 Å². The van der Waals surface area contributed by atoms with Gasteiger partial charge in [-0.15, -0.1) is 0 Å². The highest BCUT2D eigenvalue weighted by atomic mass is 16.6. The van der Waals surface area contributed by atoms with Crippen molar-refractivity contribution in [2.75, 3.05) is 13.2 Å². The Bertz CT molecular complexity index is 870. The molecule has 0 fully saturated rings. The third kappa shape index (κ3) is 45.3. The Labute approximate surface area is 355 Å². The topological polar surface area (TPSA) is 78.9 Å². The molecule has 0 aromatic carbocycles. The highest BCUT2D eigenvalue weighted by molar-refractivity contribution is 5.71. The highest BCUT2D eigenvalue weighted by Crippen LogP contribution is 2.17. The molecule has 0 radical (unpaired) electrons. The Balaban J connectivity index is 4.29. The Kier molecular flexibility index (Phi) is 42.7. The van der Waals surface area contributed by atoms with Gasteiger partial charge in [0.05, 0.1) is 0 Å². The molecule has 0 saturated carbocycles. The fourth-order valence-electron chi connectivity index (χ4n) is 7.64. The van der Waals surface area contributed by atoms with E-state index >= 15 is 0 Å². The van der Waals surface area contributed by atoms with Crippen LogP contribution in [-0.4, -0.2) is 37.2 Å². The van der Waals surface area contributed by atoms with Crippen molar-refractivity contribution in [1.82, 2.24) is 0 Å². The fraction of sp³-hybridized carbons (Fsp3) is 0.941. The van der Waals surface area contributed by atoms with Gasteiger partial charge in [0.15, 0.2) is 6.10 Å². The number of hydrogen-bond acceptors (Lipinski definition) is 6. The van der Waals surface area contributed by atoms with Gasteiger partial charge in [0.1, 0.15) is 13.2 Å². The van der Waals surface area contributed by atoms with Gasteiger partial charge in [-0.1, -0.05) is 240 Å². The average Bonchev–Trinajstić information content (AvgIpc) is 3.18. The summed E-state index contributed by atoms with van der Waals surface area (Å²) in [6, 6.07) is 0. The fourth-order valence-corrected chi connectivity index (χ4v) is 7.64. The molecular formula is C51H98O6. The van der Waals surface area contributed by atoms with Gasteiger partial charge in [-0.05, 0) is 31.1 Å². The Morgan fingerprint density at radius 3 is 0.860 bits per heavy atom. The van der Waals surface area contributed by atoms with E-state index in [9.17, 15) is 14.4 Å². The molecule has 338 valence electrons. The van der Waals surface area contributed by atoms with Crippen molar-refractivity contribution in [2.24, 2.45) is 11.8 Å². The van der Waals surface area contributed by atoms with Crippen LogP contribution in [0.25, 0.3) is 0 Å². The van der Waals surface area contributed by atoms with Crippen LogP contribution in [0.4, 0.5) is 0 Å². The summed E-state index contributed by atoms with van der Waals surface area (Å²) in [6.45, 7) is 11.3. The molecule has 0 aromatic rings. The van der Waals surface area contributed by atoms with E-state index in [4.69, 9.17) is 14.2 Å². The summed E-state index contributed by atoms with van der Waals surface area (Å²) in [6.07, 6.45) is 43.7. The van der Waals surface area contributed by atoms with E-state index in [-0.39, 0.29) is 31.1 Å². The van der Waals surface area contributed by atoms with Crippen LogP contribution >= 0.6 is 0 Å². The summed E-state index contributed by atoms with van der Waals surface area (Å²) in [4.78, 5) is 37.9. The molecule has 0 aliphatic carbocycles. The molecular weight excluding hydrogens is 709 g/mol. The van der Waals surface area contributed by atoms with E-state index in [0.717, 1.165) is 69.6 Å². The average molecular weight is 807 g/mol. The minimum Gasteiger partial charge on any atom is -0.462 e. The van der Waals surface area contributed by atoms with Crippen LogP contribution in [0.3, 0.4) is 0 Å². The summed E-state index contributed by atoms with van der Waals surface area (Å²) in [5.41, 5.74) is 0. The first-order chi connectivity index (χ1) is 27.7. The van der Waals surface area contributed by atoms with Gasteiger partial charge < -0.3 is 14.2 Å². The molecule has 0 amide bonds. The van der Waals surface area contributed by atoms with Crippen LogP contribution < -0.4 is 0 Å². The Hall–Kier alpha value is -1.59. The number of carbonyl (C=O) groups is 3. The van der Waals surface area contributed by atoms with Gasteiger partial charge in [0.25, 0.3) is 0 Å². The summed E-state index contributed by atoms with van der Waals surface area (Å²) < 4.78 is 16.8. The first-order valence-corrected chi connectivity index (χ1v) is 25.2. The molecule has 0 saturated heterocycles. The molecule has 0 aromatic heterocycles. The largest absolute Gasteiger partial charge is 0.462 e. The molecule has 0 spiro atoms. The lowest BCUT2D eigenvalue weighted by molar-refractivity contribution is -0.167. The van der Waals surface area contributed by atoms with Gasteiger partial charge >= 0.3 is 17.9 Å². The lowest BCUT2D eigenvalue weighted by Crippen LogP contribution is -2.30. The second-order valence-electron chi connectivity index (χ2n) is 18.4. The van der Waals surface area contributed by atoms with Crippen LogP contribution in [0, 0.1) is 11.8 Å². The Morgan fingerprint density at radius 1 is 0.333 bits per heavy atom. The summed E-state index contributed by atoms with van der Waals surface area (Å²) in [5.74, 6) is 0.781. The van der Waals surface area contributed by atoms with Crippen LogP contribution in [0.2, 0.25) is 0 Å². The standard InChI is InChI=1S/C51H98O6/c1-6-7-8-9-10-11-12-17-20-26-31-36-41-49(52)55-44-48(57-51(54)43-38-33-28-23-22-25-30-35-40-47(4)5)45-56-50(53)42-37-32-27-21-18-15-13-14-16-19-24-29-34-39-46(2)3/h46-48H,6-45H2,1-5H3/t48-/m0/s1. The quantitative estimate of drug-likeness (QED) is 0.0346. The summed E-state index contributed by atoms with van der Waals surface area (Å²) in [5, 5.41) is 0. The van der Waals surface area contributed by atoms with Gasteiger partial charge in [-0.2, -0.15) is 0 Å². The predicted octanol–water partition coefficient (Wildman–Crippen LogP) is 16.1. The number of esters is 3. The van der Waals surface area contributed by atoms with Crippen LogP contribution in [-0.2, 0) is 28.6 Å². The summed E-state index contributed by atoms with van der Waals surface area (Å²) >= 11 is 0. The maximum absolute atomic E-state index is 12.7. The molecule has 0 N–H and O–H groups in total. The second kappa shape index (κ2) is 44.0. The van der Waals surface area contributed by atoms with Gasteiger partial charge in [0.2, 0.25) is 0 Å². The van der Waals surface area contributed by atoms with Crippen molar-refractivity contribution >= 4 is 17.9 Å². The maximum atomic E-state index is 12.7. The van der Waals surface area contributed by atoms with Crippen molar-refractivity contribution in [3.8, 4) is 0 Å². The van der Waals surface area contributed by atoms with E-state index in [1.54, 1.807) is 0 Å². The van der Waals surface area contributed by atoms with Crippen LogP contribution in [0.5, 0.6) is 0 Å². The van der Waals surface area contributed by atoms with E-state index in [1.807, 2.05) is 0 Å². The maximum Gasteiger partial charge on any atom is 0.306 e. The molecule has 0 rings (SSSR count). The number of rotatable bonds is 45. The first kappa shape index (κ1) is 55.4. The molecule has 0 heterocycles. The predicted molar refractivity (Wildman–Crippen MR) is 243 cm³/mol. The molecule has 0 bridgehead atoms. The molecule has 0 aliphatic heterocycles. The molecule has 6 nitrogen and oxygen atoms in total. The smallest absolute Gasteiger partial charge is 0.306 e.